The summed E-state index contributed by atoms with van der Waals surface area (Å²) in [4.78, 5) is 37.6. The Morgan fingerprint density at radius 2 is 1.81 bits per heavy atom. The number of benzene rings is 2. The summed E-state index contributed by atoms with van der Waals surface area (Å²) in [5.41, 5.74) is 3.38. The van der Waals surface area contributed by atoms with Gasteiger partial charge in [-0.2, -0.15) is 0 Å². The number of thiazole rings is 1. The van der Waals surface area contributed by atoms with E-state index in [-0.39, 0.29) is 24.1 Å². The molecule has 224 valence electrons. The van der Waals surface area contributed by atoms with Gasteiger partial charge in [0.1, 0.15) is 5.01 Å². The van der Waals surface area contributed by atoms with E-state index in [4.69, 9.17) is 23.2 Å². The van der Waals surface area contributed by atoms with Crippen molar-refractivity contribution >= 4 is 46.4 Å². The van der Waals surface area contributed by atoms with E-state index in [9.17, 15) is 14.7 Å². The van der Waals surface area contributed by atoms with Gasteiger partial charge in [0.15, 0.2) is 0 Å². The summed E-state index contributed by atoms with van der Waals surface area (Å²) in [6.45, 7) is 3.22. The molecule has 2 amide bonds. The summed E-state index contributed by atoms with van der Waals surface area (Å²) in [5, 5.41) is 21.4. The molecule has 0 aliphatic carbocycles. The number of aliphatic hydroxyl groups is 1. The molecule has 1 aliphatic heterocycles. The van der Waals surface area contributed by atoms with Gasteiger partial charge in [0.2, 0.25) is 0 Å². The van der Waals surface area contributed by atoms with Crippen molar-refractivity contribution in [1.82, 2.24) is 25.5 Å². The van der Waals surface area contributed by atoms with Crippen molar-refractivity contribution in [2.45, 2.75) is 50.9 Å². The van der Waals surface area contributed by atoms with Crippen LogP contribution in [0.25, 0.3) is 0 Å². The van der Waals surface area contributed by atoms with Crippen molar-refractivity contribution < 1.29 is 14.7 Å². The summed E-state index contributed by atoms with van der Waals surface area (Å²) in [5.74, 6) is -0.596. The van der Waals surface area contributed by atoms with Crippen molar-refractivity contribution in [2.75, 3.05) is 13.1 Å². The maximum Gasteiger partial charge on any atom is 0.256 e. The summed E-state index contributed by atoms with van der Waals surface area (Å²) in [6.07, 6.45) is 4.16. The SMILES string of the molecule is Cc1csc(C2CCCN2C(=O)c2cncc(C(=O)N[C@@H](Cc3ccccc3)[C@H](O)CNCc3cc(Cl)cc(Cl)c3)c2)n1. The molecule has 0 bridgehead atoms. The normalized spacial score (nSPS) is 16.2. The lowest BCUT2D eigenvalue weighted by molar-refractivity contribution is 0.0735. The number of nitrogens with one attached hydrogen (secondary N) is 2. The van der Waals surface area contributed by atoms with Gasteiger partial charge in [-0.25, -0.2) is 4.98 Å². The second kappa shape index (κ2) is 14.4. The van der Waals surface area contributed by atoms with Crippen LogP contribution in [-0.2, 0) is 13.0 Å². The van der Waals surface area contributed by atoms with E-state index in [0.29, 0.717) is 35.1 Å². The molecule has 43 heavy (non-hydrogen) atoms. The summed E-state index contributed by atoms with van der Waals surface area (Å²) >= 11 is 13.8. The third-order valence-corrected chi connectivity index (χ3v) is 8.87. The Kier molecular flexibility index (Phi) is 10.4. The van der Waals surface area contributed by atoms with Crippen LogP contribution in [0.3, 0.4) is 0 Å². The van der Waals surface area contributed by atoms with Crippen LogP contribution >= 0.6 is 34.5 Å². The minimum atomic E-state index is -0.913. The predicted molar refractivity (Wildman–Crippen MR) is 170 cm³/mol. The third-order valence-electron chi connectivity index (χ3n) is 7.37. The molecule has 4 aromatic rings. The Hall–Kier alpha value is -3.34. The highest BCUT2D eigenvalue weighted by molar-refractivity contribution is 7.09. The fourth-order valence-electron chi connectivity index (χ4n) is 5.26. The molecule has 0 radical (unpaired) electrons. The summed E-state index contributed by atoms with van der Waals surface area (Å²) < 4.78 is 0. The molecule has 0 saturated carbocycles. The second-order valence-corrected chi connectivity index (χ2v) is 12.5. The van der Waals surface area contributed by atoms with Gasteiger partial charge in [0.05, 0.1) is 29.3 Å². The lowest BCUT2D eigenvalue weighted by Crippen LogP contribution is -2.48. The minimum absolute atomic E-state index is 0.0791. The lowest BCUT2D eigenvalue weighted by atomic mass is 10.0. The van der Waals surface area contributed by atoms with E-state index < -0.39 is 18.1 Å². The highest BCUT2D eigenvalue weighted by Gasteiger charge is 2.33. The molecule has 1 unspecified atom stereocenters. The summed E-state index contributed by atoms with van der Waals surface area (Å²) in [7, 11) is 0. The summed E-state index contributed by atoms with van der Waals surface area (Å²) in [6, 6.07) is 15.8. The molecular formula is C32H33Cl2N5O3S. The first-order valence-corrected chi connectivity index (χ1v) is 15.8. The Labute approximate surface area is 265 Å². The zero-order valence-corrected chi connectivity index (χ0v) is 26.0. The van der Waals surface area contributed by atoms with Gasteiger partial charge < -0.3 is 20.6 Å². The zero-order chi connectivity index (χ0) is 30.3. The monoisotopic (exact) mass is 637 g/mol. The first-order valence-electron chi connectivity index (χ1n) is 14.1. The fraction of sp³-hybridized carbons (Fsp3) is 0.312. The number of amides is 2. The van der Waals surface area contributed by atoms with Gasteiger partial charge in [0, 0.05) is 53.1 Å². The van der Waals surface area contributed by atoms with E-state index in [1.54, 1.807) is 35.6 Å². The van der Waals surface area contributed by atoms with Crippen molar-refractivity contribution in [3.8, 4) is 0 Å². The van der Waals surface area contributed by atoms with Crippen LogP contribution in [0, 0.1) is 6.92 Å². The number of aromatic nitrogens is 2. The molecule has 0 spiro atoms. The predicted octanol–water partition coefficient (Wildman–Crippen LogP) is 5.62. The highest BCUT2D eigenvalue weighted by Crippen LogP contribution is 2.34. The first-order chi connectivity index (χ1) is 20.8. The Bertz CT molecular complexity index is 1550. The van der Waals surface area contributed by atoms with Gasteiger partial charge in [0.25, 0.3) is 11.8 Å². The van der Waals surface area contributed by atoms with Crippen molar-refractivity contribution in [2.24, 2.45) is 0 Å². The zero-order valence-electron chi connectivity index (χ0n) is 23.7. The molecule has 1 aliphatic rings. The van der Waals surface area contributed by atoms with Crippen LogP contribution in [0.15, 0.2) is 72.4 Å². The lowest BCUT2D eigenvalue weighted by Gasteiger charge is -2.25. The number of carbonyl (C=O) groups is 2. The van der Waals surface area contributed by atoms with E-state index in [0.717, 1.165) is 34.7 Å². The average Bonchev–Trinajstić information content (AvgIpc) is 3.65. The molecule has 2 aromatic heterocycles. The third kappa shape index (κ3) is 8.19. The molecule has 8 nitrogen and oxygen atoms in total. The van der Waals surface area contributed by atoms with Gasteiger partial charge >= 0.3 is 0 Å². The number of hydrogen-bond donors (Lipinski definition) is 3. The standard InChI is InChI=1S/C32H33Cl2N5O3S/c1-20-19-43-31(37-20)28-8-5-9-39(28)32(42)24-13-23(16-36-17-24)30(41)38-27(12-21-6-3-2-4-7-21)29(40)18-35-15-22-10-25(33)14-26(34)11-22/h2-4,6-7,10-11,13-14,16-17,19,27-29,35,40H,5,8-9,12,15,18H2,1H3,(H,38,41)/t27-,28?,29+/m0/s1. The molecule has 5 rings (SSSR count). The molecule has 1 fully saturated rings. The highest BCUT2D eigenvalue weighted by atomic mass is 35.5. The molecular weight excluding hydrogens is 605 g/mol. The number of nitrogens with zero attached hydrogens (tertiary/aromatic N) is 3. The minimum Gasteiger partial charge on any atom is -0.390 e. The molecule has 11 heteroatoms. The van der Waals surface area contributed by atoms with Crippen LogP contribution in [0.1, 0.15) is 61.4 Å². The van der Waals surface area contributed by atoms with Crippen LogP contribution < -0.4 is 10.6 Å². The molecule has 1 saturated heterocycles. The maximum absolute atomic E-state index is 13.5. The first kappa shape index (κ1) is 31.1. The number of halogens is 2. The van der Waals surface area contributed by atoms with Crippen molar-refractivity contribution in [1.29, 1.82) is 0 Å². The topological polar surface area (TPSA) is 107 Å². The van der Waals surface area contributed by atoms with Crippen molar-refractivity contribution in [3.63, 3.8) is 0 Å². The van der Waals surface area contributed by atoms with Gasteiger partial charge in [-0.3, -0.25) is 14.6 Å². The molecule has 3 atom stereocenters. The number of likely N-dealkylation sites (tertiary alicyclic amines) is 1. The molecule has 2 aromatic carbocycles. The van der Waals surface area contributed by atoms with Crippen LogP contribution in [0.4, 0.5) is 0 Å². The van der Waals surface area contributed by atoms with E-state index in [1.807, 2.05) is 47.5 Å². The second-order valence-electron chi connectivity index (χ2n) is 10.7. The van der Waals surface area contributed by atoms with Gasteiger partial charge in [-0.15, -0.1) is 11.3 Å². The van der Waals surface area contributed by atoms with Gasteiger partial charge in [-0.1, -0.05) is 53.5 Å². The Balaban J connectivity index is 1.27. The smallest absolute Gasteiger partial charge is 0.256 e. The van der Waals surface area contributed by atoms with E-state index in [1.165, 1.54) is 12.4 Å². The number of rotatable bonds is 11. The average molecular weight is 639 g/mol. The van der Waals surface area contributed by atoms with E-state index >= 15 is 0 Å². The van der Waals surface area contributed by atoms with E-state index in [2.05, 4.69) is 20.6 Å². The Morgan fingerprint density at radius 3 is 2.53 bits per heavy atom. The van der Waals surface area contributed by atoms with Crippen LogP contribution in [0.5, 0.6) is 0 Å². The van der Waals surface area contributed by atoms with Gasteiger partial charge in [-0.05, 0) is 61.6 Å². The number of carbonyl (C=O) groups excluding carboxylic acids is 2. The number of aliphatic hydroxyl groups excluding tert-OH is 1. The maximum atomic E-state index is 13.5. The van der Waals surface area contributed by atoms with Crippen LogP contribution in [0.2, 0.25) is 10.0 Å². The number of hydrogen-bond acceptors (Lipinski definition) is 7. The molecule has 3 heterocycles. The fourth-order valence-corrected chi connectivity index (χ4v) is 6.78. The molecule has 3 N–H and O–H groups in total. The number of pyridine rings is 1. The Morgan fingerprint density at radius 1 is 1.07 bits per heavy atom. The quantitative estimate of drug-likeness (QED) is 0.197. The largest absolute Gasteiger partial charge is 0.390 e. The van der Waals surface area contributed by atoms with Crippen molar-refractivity contribution in [3.05, 3.63) is 115 Å². The van der Waals surface area contributed by atoms with Crippen LogP contribution in [-0.4, -0.2) is 57.0 Å². The number of aryl methyl sites for hydroxylation is 1.